The number of ether oxygens (including phenoxy) is 2. The molecule has 2 amide bonds. The Bertz CT molecular complexity index is 973. The number of hydrogen-bond donors (Lipinski definition) is 1. The molecule has 2 aromatic rings. The zero-order valence-electron chi connectivity index (χ0n) is 14.9. The topological polar surface area (TPSA) is 67.9 Å². The van der Waals surface area contributed by atoms with E-state index in [1.165, 1.54) is 18.2 Å². The summed E-state index contributed by atoms with van der Waals surface area (Å²) in [5.74, 6) is -0.217. The first-order valence-electron chi connectivity index (χ1n) is 8.18. The minimum absolute atomic E-state index is 0.0131. The zero-order valence-corrected chi connectivity index (χ0v) is 17.2. The molecule has 0 spiro atoms. The summed E-state index contributed by atoms with van der Waals surface area (Å²) in [5, 5.41) is 1.49. The third-order valence-electron chi connectivity index (χ3n) is 3.88. The number of rotatable bonds is 6. The summed E-state index contributed by atoms with van der Waals surface area (Å²) in [4.78, 5) is 25.1. The fourth-order valence-corrected chi connectivity index (χ4v) is 3.14. The highest BCUT2D eigenvalue weighted by Crippen LogP contribution is 2.37. The van der Waals surface area contributed by atoms with Gasteiger partial charge < -0.3 is 9.47 Å². The Labute approximate surface area is 175 Å². The highest BCUT2D eigenvalue weighted by molar-refractivity contribution is 9.10. The number of nitrogens with one attached hydrogen (secondary N) is 1. The molecule has 1 fully saturated rings. The molecular formula is C20H16BrClN2O4. The van der Waals surface area contributed by atoms with Crippen LogP contribution in [0.4, 0.5) is 5.69 Å². The second-order valence-electron chi connectivity index (χ2n) is 5.75. The number of halogens is 2. The van der Waals surface area contributed by atoms with E-state index in [0.717, 1.165) is 4.47 Å². The van der Waals surface area contributed by atoms with Crippen LogP contribution in [0.3, 0.4) is 0 Å². The molecule has 0 unspecified atom stereocenters. The molecule has 0 aliphatic carbocycles. The zero-order chi connectivity index (χ0) is 20.3. The number of carbonyl (C=O) groups excluding carboxylic acids is 2. The molecule has 28 heavy (non-hydrogen) atoms. The minimum Gasteiger partial charge on any atom is -0.493 e. The second kappa shape index (κ2) is 8.50. The van der Waals surface area contributed by atoms with Gasteiger partial charge in [0, 0.05) is 4.47 Å². The molecule has 0 saturated carbocycles. The molecule has 1 aliphatic heterocycles. The fraction of sp³-hybridized carbons (Fsp3) is 0.100. The van der Waals surface area contributed by atoms with E-state index in [9.17, 15) is 9.59 Å². The highest BCUT2D eigenvalue weighted by atomic mass is 79.9. The summed E-state index contributed by atoms with van der Waals surface area (Å²) in [6, 6.07) is 10.2. The maximum absolute atomic E-state index is 12.7. The lowest BCUT2D eigenvalue weighted by Gasteiger charge is -2.14. The van der Waals surface area contributed by atoms with Crippen molar-refractivity contribution in [2.45, 2.75) is 0 Å². The van der Waals surface area contributed by atoms with Gasteiger partial charge in [0.2, 0.25) is 0 Å². The lowest BCUT2D eigenvalue weighted by Crippen LogP contribution is -2.35. The van der Waals surface area contributed by atoms with E-state index in [2.05, 4.69) is 27.9 Å². The lowest BCUT2D eigenvalue weighted by molar-refractivity contribution is -0.117. The van der Waals surface area contributed by atoms with Gasteiger partial charge in [-0.25, -0.2) is 5.01 Å². The van der Waals surface area contributed by atoms with Crippen LogP contribution in [0.25, 0.3) is 6.08 Å². The van der Waals surface area contributed by atoms with Crippen molar-refractivity contribution in [3.05, 3.63) is 69.7 Å². The van der Waals surface area contributed by atoms with Crippen molar-refractivity contribution in [1.29, 1.82) is 0 Å². The molecule has 8 heteroatoms. The van der Waals surface area contributed by atoms with Crippen molar-refractivity contribution in [1.82, 2.24) is 5.43 Å². The smallest absolute Gasteiger partial charge is 0.282 e. The monoisotopic (exact) mass is 462 g/mol. The third-order valence-corrected chi connectivity index (χ3v) is 4.69. The van der Waals surface area contributed by atoms with Crippen LogP contribution < -0.4 is 19.9 Å². The Morgan fingerprint density at radius 2 is 1.96 bits per heavy atom. The number of nitrogens with zero attached hydrogens (tertiary/aromatic N) is 1. The predicted octanol–water partition coefficient (Wildman–Crippen LogP) is 4.14. The lowest BCUT2D eigenvalue weighted by atomic mass is 10.1. The van der Waals surface area contributed by atoms with Crippen molar-refractivity contribution in [3.8, 4) is 11.5 Å². The number of benzene rings is 2. The number of hydrogen-bond acceptors (Lipinski definition) is 4. The SMILES string of the molecule is C=CCOc1c(Cl)cc(/C=C2\C(=O)NN(c3ccc(Br)cc3)C2=O)cc1OC. The first-order valence-corrected chi connectivity index (χ1v) is 9.35. The fourth-order valence-electron chi connectivity index (χ4n) is 2.60. The van der Waals surface area contributed by atoms with Crippen molar-refractivity contribution in [2.24, 2.45) is 0 Å². The van der Waals surface area contributed by atoms with Gasteiger partial charge >= 0.3 is 0 Å². The summed E-state index contributed by atoms with van der Waals surface area (Å²) in [6.45, 7) is 3.86. The molecule has 144 valence electrons. The van der Waals surface area contributed by atoms with Crippen LogP contribution in [-0.2, 0) is 9.59 Å². The Morgan fingerprint density at radius 3 is 2.61 bits per heavy atom. The number of methoxy groups -OCH3 is 1. The van der Waals surface area contributed by atoms with E-state index in [1.54, 1.807) is 42.5 Å². The van der Waals surface area contributed by atoms with E-state index in [4.69, 9.17) is 21.1 Å². The first kappa shape index (κ1) is 20.0. The Kier molecular flexibility index (Phi) is 6.06. The summed E-state index contributed by atoms with van der Waals surface area (Å²) in [6.07, 6.45) is 3.05. The predicted molar refractivity (Wildman–Crippen MR) is 111 cm³/mol. The van der Waals surface area contributed by atoms with Gasteiger partial charge in [-0.2, -0.15) is 0 Å². The van der Waals surface area contributed by atoms with Gasteiger partial charge in [0.25, 0.3) is 11.8 Å². The van der Waals surface area contributed by atoms with E-state index in [-0.39, 0.29) is 12.2 Å². The maximum Gasteiger partial charge on any atom is 0.282 e. The van der Waals surface area contributed by atoms with Crippen molar-refractivity contribution in [2.75, 3.05) is 18.7 Å². The van der Waals surface area contributed by atoms with E-state index in [0.29, 0.717) is 27.8 Å². The summed E-state index contributed by atoms with van der Waals surface area (Å²) in [7, 11) is 1.48. The van der Waals surface area contributed by atoms with Crippen LogP contribution in [-0.4, -0.2) is 25.5 Å². The first-order chi connectivity index (χ1) is 13.4. The van der Waals surface area contributed by atoms with Gasteiger partial charge in [0.05, 0.1) is 17.8 Å². The molecular weight excluding hydrogens is 448 g/mol. The molecule has 2 aromatic carbocycles. The van der Waals surface area contributed by atoms with Gasteiger partial charge in [-0.05, 0) is 48.0 Å². The highest BCUT2D eigenvalue weighted by Gasteiger charge is 2.34. The normalized spacial score (nSPS) is 15.0. The number of anilines is 1. The van der Waals surface area contributed by atoms with Gasteiger partial charge in [-0.3, -0.25) is 15.0 Å². The summed E-state index contributed by atoms with van der Waals surface area (Å²) in [5.41, 5.74) is 3.62. The number of carbonyl (C=O) groups is 2. The van der Waals surface area contributed by atoms with Gasteiger partial charge in [0.1, 0.15) is 12.2 Å². The molecule has 3 rings (SSSR count). The standard InChI is InChI=1S/C20H16BrClN2O4/c1-3-8-28-18-16(22)10-12(11-17(18)27-2)9-15-19(25)23-24(20(15)26)14-6-4-13(21)5-7-14/h3-7,9-11H,1,8H2,2H3,(H,23,25)/b15-9+. The van der Waals surface area contributed by atoms with Crippen molar-refractivity contribution < 1.29 is 19.1 Å². The quantitative estimate of drug-likeness (QED) is 0.397. The van der Waals surface area contributed by atoms with Gasteiger partial charge in [-0.15, -0.1) is 0 Å². The van der Waals surface area contributed by atoms with E-state index in [1.807, 2.05) is 0 Å². The second-order valence-corrected chi connectivity index (χ2v) is 7.07. The van der Waals surface area contributed by atoms with Crippen LogP contribution in [0.1, 0.15) is 5.56 Å². The van der Waals surface area contributed by atoms with Crippen LogP contribution >= 0.6 is 27.5 Å². The van der Waals surface area contributed by atoms with Crippen molar-refractivity contribution >= 4 is 51.1 Å². The number of hydrazine groups is 1. The molecule has 1 N–H and O–H groups in total. The molecule has 1 aliphatic rings. The Hall–Kier alpha value is -2.77. The largest absolute Gasteiger partial charge is 0.493 e. The average Bonchev–Trinajstić information content (AvgIpc) is 2.95. The summed E-state index contributed by atoms with van der Waals surface area (Å²) < 4.78 is 11.7. The summed E-state index contributed by atoms with van der Waals surface area (Å²) >= 11 is 9.61. The average molecular weight is 464 g/mol. The van der Waals surface area contributed by atoms with E-state index < -0.39 is 11.8 Å². The van der Waals surface area contributed by atoms with Gasteiger partial charge in [-0.1, -0.05) is 40.2 Å². The van der Waals surface area contributed by atoms with E-state index >= 15 is 0 Å². The molecule has 1 heterocycles. The van der Waals surface area contributed by atoms with Gasteiger partial charge in [0.15, 0.2) is 11.5 Å². The Morgan fingerprint density at radius 1 is 1.25 bits per heavy atom. The molecule has 0 aromatic heterocycles. The van der Waals surface area contributed by atoms with Crippen molar-refractivity contribution in [3.63, 3.8) is 0 Å². The van der Waals surface area contributed by atoms with Crippen LogP contribution in [0, 0.1) is 0 Å². The molecule has 0 radical (unpaired) electrons. The molecule has 1 saturated heterocycles. The number of amides is 2. The van der Waals surface area contributed by atoms with Crippen LogP contribution in [0.2, 0.25) is 5.02 Å². The third kappa shape index (κ3) is 4.05. The van der Waals surface area contributed by atoms with Crippen LogP contribution in [0.15, 0.2) is 59.1 Å². The maximum atomic E-state index is 12.7. The molecule has 6 nitrogen and oxygen atoms in total. The van der Waals surface area contributed by atoms with Crippen LogP contribution in [0.5, 0.6) is 11.5 Å². The molecule has 0 atom stereocenters. The Balaban J connectivity index is 1.93. The molecule has 0 bridgehead atoms. The minimum atomic E-state index is -0.505.